The van der Waals surface area contributed by atoms with Crippen molar-refractivity contribution >= 4 is 28.3 Å². The highest BCUT2D eigenvalue weighted by Crippen LogP contribution is 2.10. The highest BCUT2D eigenvalue weighted by molar-refractivity contribution is 7.89. The van der Waals surface area contributed by atoms with Gasteiger partial charge in [0.05, 0.1) is 11.5 Å². The number of benzene rings is 1. The number of amides is 1. The number of hydrogen-bond donors (Lipinski definition) is 3. The summed E-state index contributed by atoms with van der Waals surface area (Å²) in [5, 5.41) is 2.66. The van der Waals surface area contributed by atoms with E-state index in [9.17, 15) is 13.2 Å². The van der Waals surface area contributed by atoms with Crippen LogP contribution in [0.3, 0.4) is 0 Å². The van der Waals surface area contributed by atoms with Crippen LogP contribution in [-0.4, -0.2) is 40.6 Å². The fourth-order valence-corrected chi connectivity index (χ4v) is 2.68. The van der Waals surface area contributed by atoms with E-state index in [1.54, 1.807) is 19.1 Å². The second-order valence-electron chi connectivity index (χ2n) is 4.42. The van der Waals surface area contributed by atoms with Crippen LogP contribution < -0.4 is 15.8 Å². The Morgan fingerprint density at radius 2 is 1.91 bits per heavy atom. The molecule has 1 unspecified atom stereocenters. The molecule has 4 N–H and O–H groups in total. The second kappa shape index (κ2) is 9.75. The van der Waals surface area contributed by atoms with Gasteiger partial charge in [0.25, 0.3) is 0 Å². The molecule has 9 heteroatoms. The number of nitrogens with two attached hydrogens (primary N) is 1. The van der Waals surface area contributed by atoms with Crippen LogP contribution in [0.1, 0.15) is 12.5 Å². The number of methoxy groups -OCH3 is 1. The summed E-state index contributed by atoms with van der Waals surface area (Å²) in [5.41, 5.74) is 6.36. The van der Waals surface area contributed by atoms with Gasteiger partial charge < -0.3 is 15.8 Å². The number of carbonyl (C=O) groups is 1. The summed E-state index contributed by atoms with van der Waals surface area (Å²) in [5.74, 6) is -0.318. The number of ether oxygens (including phenoxy) is 1. The van der Waals surface area contributed by atoms with E-state index in [4.69, 9.17) is 10.5 Å². The lowest BCUT2D eigenvalue weighted by Gasteiger charge is -2.11. The zero-order chi connectivity index (χ0) is 15.9. The number of carbonyl (C=O) groups excluding carboxylic acids is 1. The highest BCUT2D eigenvalue weighted by atomic mass is 35.5. The van der Waals surface area contributed by atoms with Crippen molar-refractivity contribution < 1.29 is 17.9 Å². The molecule has 0 aliphatic rings. The number of hydrogen-bond acceptors (Lipinski definition) is 5. The van der Waals surface area contributed by atoms with E-state index in [1.807, 2.05) is 0 Å². The Kier molecular flexibility index (Phi) is 9.22. The van der Waals surface area contributed by atoms with Gasteiger partial charge in [-0.25, -0.2) is 13.1 Å². The monoisotopic (exact) mass is 351 g/mol. The summed E-state index contributed by atoms with van der Waals surface area (Å²) in [7, 11) is -1.98. The first-order chi connectivity index (χ1) is 9.90. The molecule has 7 nitrogen and oxygen atoms in total. The lowest BCUT2D eigenvalue weighted by Crippen LogP contribution is -2.43. The quantitative estimate of drug-likeness (QED) is 0.610. The van der Waals surface area contributed by atoms with Crippen LogP contribution in [0, 0.1) is 0 Å². The van der Waals surface area contributed by atoms with Crippen molar-refractivity contribution in [3.05, 3.63) is 29.8 Å². The number of halogens is 1. The minimum Gasteiger partial charge on any atom is -0.383 e. The number of nitrogens with one attached hydrogen (secondary N) is 2. The minimum atomic E-state index is -3.45. The highest BCUT2D eigenvalue weighted by Gasteiger charge is 2.14. The summed E-state index contributed by atoms with van der Waals surface area (Å²) < 4.78 is 30.7. The molecule has 0 radical (unpaired) electrons. The molecule has 0 aromatic heterocycles. The molecule has 1 amide bonds. The standard InChI is InChI=1S/C13H21N3O4S.ClH/c1-3-16-21(18,19)11-6-4-10(5-7-11)8-15-13(17)12(14)9-20-2;/h4-7,12,16H,3,8-9,14H2,1-2H3,(H,15,17);1H. The van der Waals surface area contributed by atoms with Gasteiger partial charge in [0, 0.05) is 20.2 Å². The summed E-state index contributed by atoms with van der Waals surface area (Å²) in [4.78, 5) is 11.8. The van der Waals surface area contributed by atoms with Gasteiger partial charge in [-0.1, -0.05) is 19.1 Å². The minimum absolute atomic E-state index is 0. The predicted octanol–water partition coefficient (Wildman–Crippen LogP) is -0.00350. The van der Waals surface area contributed by atoms with Crippen LogP contribution in [0.15, 0.2) is 29.2 Å². The van der Waals surface area contributed by atoms with Crippen molar-refractivity contribution in [2.75, 3.05) is 20.3 Å². The first-order valence-electron chi connectivity index (χ1n) is 6.51. The molecule has 1 aromatic carbocycles. The van der Waals surface area contributed by atoms with Crippen LogP contribution >= 0.6 is 12.4 Å². The number of rotatable bonds is 8. The van der Waals surface area contributed by atoms with E-state index in [1.165, 1.54) is 19.2 Å². The molecule has 0 aliphatic carbocycles. The summed E-state index contributed by atoms with van der Waals surface area (Å²) in [6.45, 7) is 2.46. The molecule has 0 saturated carbocycles. The fourth-order valence-electron chi connectivity index (χ4n) is 1.64. The van der Waals surface area contributed by atoms with Gasteiger partial charge in [-0.2, -0.15) is 0 Å². The Balaban J connectivity index is 0.00000441. The Morgan fingerprint density at radius 3 is 2.41 bits per heavy atom. The molecule has 0 aliphatic heterocycles. The van der Waals surface area contributed by atoms with E-state index in [-0.39, 0.29) is 36.4 Å². The maximum atomic E-state index is 11.8. The summed E-state index contributed by atoms with van der Waals surface area (Å²) in [6.07, 6.45) is 0. The van der Waals surface area contributed by atoms with Crippen molar-refractivity contribution in [1.29, 1.82) is 0 Å². The number of sulfonamides is 1. The maximum absolute atomic E-state index is 11.8. The zero-order valence-corrected chi connectivity index (χ0v) is 14.2. The second-order valence-corrected chi connectivity index (χ2v) is 6.19. The molecule has 1 atom stereocenters. The van der Waals surface area contributed by atoms with Crippen LogP contribution in [0.25, 0.3) is 0 Å². The maximum Gasteiger partial charge on any atom is 0.240 e. The average molecular weight is 352 g/mol. The summed E-state index contributed by atoms with van der Waals surface area (Å²) in [6, 6.07) is 5.56. The van der Waals surface area contributed by atoms with Crippen molar-refractivity contribution in [1.82, 2.24) is 10.0 Å². The lowest BCUT2D eigenvalue weighted by atomic mass is 10.2. The Labute approximate surface area is 137 Å². The average Bonchev–Trinajstić information content (AvgIpc) is 2.45. The first kappa shape index (κ1) is 20.8. The third-order valence-corrected chi connectivity index (χ3v) is 4.28. The molecule has 0 spiro atoms. The molecule has 126 valence electrons. The van der Waals surface area contributed by atoms with Crippen LogP contribution in [0.4, 0.5) is 0 Å². The topological polar surface area (TPSA) is 111 Å². The van der Waals surface area contributed by atoms with Gasteiger partial charge in [-0.05, 0) is 17.7 Å². The van der Waals surface area contributed by atoms with Gasteiger partial charge in [0.15, 0.2) is 0 Å². The van der Waals surface area contributed by atoms with Crippen molar-refractivity contribution in [3.63, 3.8) is 0 Å². The van der Waals surface area contributed by atoms with Crippen LogP contribution in [-0.2, 0) is 26.1 Å². The van der Waals surface area contributed by atoms with Gasteiger partial charge in [0.1, 0.15) is 6.04 Å². The zero-order valence-electron chi connectivity index (χ0n) is 12.5. The Morgan fingerprint density at radius 1 is 1.32 bits per heavy atom. The summed E-state index contributed by atoms with van der Waals surface area (Å²) >= 11 is 0. The molecular formula is C13H22ClN3O4S. The Bertz CT molecular complexity index is 563. The third-order valence-electron chi connectivity index (χ3n) is 2.72. The van der Waals surface area contributed by atoms with Crippen LogP contribution in [0.2, 0.25) is 0 Å². The lowest BCUT2D eigenvalue weighted by molar-refractivity contribution is -0.123. The predicted molar refractivity (Wildman–Crippen MR) is 86.3 cm³/mol. The SMILES string of the molecule is CCNS(=O)(=O)c1ccc(CNC(=O)C(N)COC)cc1.Cl. The normalized spacial score (nSPS) is 12.3. The van der Waals surface area contributed by atoms with E-state index < -0.39 is 16.1 Å². The Hall–Kier alpha value is -1.19. The van der Waals surface area contributed by atoms with E-state index in [2.05, 4.69) is 10.0 Å². The fraction of sp³-hybridized carbons (Fsp3) is 0.462. The molecule has 0 heterocycles. The molecule has 22 heavy (non-hydrogen) atoms. The first-order valence-corrected chi connectivity index (χ1v) is 8.00. The molecule has 0 fully saturated rings. The van der Waals surface area contributed by atoms with Crippen molar-refractivity contribution in [2.24, 2.45) is 5.73 Å². The van der Waals surface area contributed by atoms with Gasteiger partial charge in [0.2, 0.25) is 15.9 Å². The molecule has 0 bridgehead atoms. The van der Waals surface area contributed by atoms with E-state index in [0.29, 0.717) is 6.54 Å². The third kappa shape index (κ3) is 6.29. The smallest absolute Gasteiger partial charge is 0.240 e. The van der Waals surface area contributed by atoms with E-state index >= 15 is 0 Å². The molecular weight excluding hydrogens is 330 g/mol. The van der Waals surface area contributed by atoms with Gasteiger partial charge >= 0.3 is 0 Å². The molecule has 1 rings (SSSR count). The van der Waals surface area contributed by atoms with Gasteiger partial charge in [-0.3, -0.25) is 4.79 Å². The van der Waals surface area contributed by atoms with Crippen molar-refractivity contribution in [3.8, 4) is 0 Å². The molecule has 0 saturated heterocycles. The van der Waals surface area contributed by atoms with Crippen molar-refractivity contribution in [2.45, 2.75) is 24.4 Å². The van der Waals surface area contributed by atoms with Gasteiger partial charge in [-0.15, -0.1) is 12.4 Å². The largest absolute Gasteiger partial charge is 0.383 e. The van der Waals surface area contributed by atoms with E-state index in [0.717, 1.165) is 5.56 Å². The molecule has 1 aromatic rings. The van der Waals surface area contributed by atoms with Crippen LogP contribution in [0.5, 0.6) is 0 Å².